The highest BCUT2D eigenvalue weighted by atomic mass is 127. The monoisotopic (exact) mass is 543 g/mol. The van der Waals surface area contributed by atoms with Crippen molar-refractivity contribution in [2.24, 2.45) is 4.99 Å². The highest BCUT2D eigenvalue weighted by Crippen LogP contribution is 2.26. The lowest BCUT2D eigenvalue weighted by Crippen LogP contribution is -2.44. The first-order valence-corrected chi connectivity index (χ1v) is 10.4. The number of benzene rings is 2. The SMILES string of the molecule is CCNC(=NCc1cccc(CN(C)C)c1)NC1CCN(c2c(F)cccc2F)C1.I. The molecule has 3 rings (SSSR count). The average molecular weight is 543 g/mol. The molecule has 170 valence electrons. The summed E-state index contributed by atoms with van der Waals surface area (Å²) in [5, 5.41) is 6.68. The average Bonchev–Trinajstić information content (AvgIpc) is 3.14. The predicted octanol–water partition coefficient (Wildman–Crippen LogP) is 3.98. The van der Waals surface area contributed by atoms with Crippen molar-refractivity contribution < 1.29 is 8.78 Å². The van der Waals surface area contributed by atoms with Crippen LogP contribution in [-0.2, 0) is 13.1 Å². The van der Waals surface area contributed by atoms with Gasteiger partial charge >= 0.3 is 0 Å². The van der Waals surface area contributed by atoms with Crippen LogP contribution in [0.2, 0.25) is 0 Å². The molecule has 1 atom stereocenters. The molecular weight excluding hydrogens is 511 g/mol. The summed E-state index contributed by atoms with van der Waals surface area (Å²) in [5.41, 5.74) is 2.46. The highest BCUT2D eigenvalue weighted by Gasteiger charge is 2.27. The van der Waals surface area contributed by atoms with Gasteiger partial charge in [0.05, 0.1) is 6.54 Å². The maximum Gasteiger partial charge on any atom is 0.191 e. The first-order chi connectivity index (χ1) is 14.5. The van der Waals surface area contributed by atoms with E-state index >= 15 is 0 Å². The number of nitrogens with one attached hydrogen (secondary N) is 2. The standard InChI is InChI=1S/C23H31F2N5.HI/c1-4-26-23(27-14-17-7-5-8-18(13-17)15-29(2)3)28-19-11-12-30(16-19)22-20(24)9-6-10-21(22)25;/h5-10,13,19H,4,11-12,14-16H2,1-3H3,(H2,26,27,28);1H. The highest BCUT2D eigenvalue weighted by molar-refractivity contribution is 14.0. The third kappa shape index (κ3) is 7.31. The molecule has 0 bridgehead atoms. The second-order valence-corrected chi connectivity index (χ2v) is 7.90. The molecule has 1 aliphatic rings. The fourth-order valence-corrected chi connectivity index (χ4v) is 3.75. The molecule has 31 heavy (non-hydrogen) atoms. The van der Waals surface area contributed by atoms with Crippen molar-refractivity contribution in [2.45, 2.75) is 32.5 Å². The number of hydrogen-bond donors (Lipinski definition) is 2. The van der Waals surface area contributed by atoms with Gasteiger partial charge in [-0.1, -0.05) is 30.3 Å². The fraction of sp³-hybridized carbons (Fsp3) is 0.435. The Morgan fingerprint density at radius 3 is 2.48 bits per heavy atom. The molecule has 0 amide bonds. The van der Waals surface area contributed by atoms with Crippen LogP contribution in [0.4, 0.5) is 14.5 Å². The van der Waals surface area contributed by atoms with E-state index in [4.69, 9.17) is 4.99 Å². The van der Waals surface area contributed by atoms with Crippen LogP contribution in [-0.4, -0.2) is 50.6 Å². The largest absolute Gasteiger partial charge is 0.365 e. The molecule has 5 nitrogen and oxygen atoms in total. The summed E-state index contributed by atoms with van der Waals surface area (Å²) in [4.78, 5) is 8.61. The first kappa shape index (κ1) is 25.3. The van der Waals surface area contributed by atoms with Gasteiger partial charge in [0.1, 0.15) is 17.3 Å². The molecule has 2 aromatic rings. The van der Waals surface area contributed by atoms with E-state index in [1.807, 2.05) is 6.92 Å². The topological polar surface area (TPSA) is 42.9 Å². The predicted molar refractivity (Wildman–Crippen MR) is 134 cm³/mol. The van der Waals surface area contributed by atoms with Gasteiger partial charge in [-0.15, -0.1) is 24.0 Å². The molecule has 0 spiro atoms. The maximum atomic E-state index is 14.1. The Morgan fingerprint density at radius 1 is 1.13 bits per heavy atom. The lowest BCUT2D eigenvalue weighted by molar-refractivity contribution is 0.402. The minimum absolute atomic E-state index is 0. The van der Waals surface area contributed by atoms with E-state index in [1.165, 1.54) is 23.8 Å². The van der Waals surface area contributed by atoms with E-state index in [9.17, 15) is 8.78 Å². The van der Waals surface area contributed by atoms with Gasteiger partial charge in [-0.05, 0) is 50.7 Å². The van der Waals surface area contributed by atoms with Crippen LogP contribution in [0.15, 0.2) is 47.5 Å². The molecule has 0 saturated carbocycles. The van der Waals surface area contributed by atoms with Crippen LogP contribution < -0.4 is 15.5 Å². The third-order valence-corrected chi connectivity index (χ3v) is 5.04. The van der Waals surface area contributed by atoms with Gasteiger partial charge in [0.2, 0.25) is 0 Å². The molecular formula is C23H32F2IN5. The summed E-state index contributed by atoms with van der Waals surface area (Å²) in [6.07, 6.45) is 0.788. The summed E-state index contributed by atoms with van der Waals surface area (Å²) >= 11 is 0. The Labute approximate surface area is 200 Å². The Hall–Kier alpha value is -1.94. The number of guanidine groups is 1. The van der Waals surface area contributed by atoms with Crippen LogP contribution in [0.5, 0.6) is 0 Å². The molecule has 1 unspecified atom stereocenters. The molecule has 1 saturated heterocycles. The second-order valence-electron chi connectivity index (χ2n) is 7.90. The van der Waals surface area contributed by atoms with Crippen LogP contribution >= 0.6 is 24.0 Å². The fourth-order valence-electron chi connectivity index (χ4n) is 3.75. The second kappa shape index (κ2) is 12.2. The van der Waals surface area contributed by atoms with Crippen molar-refractivity contribution in [3.8, 4) is 0 Å². The smallest absolute Gasteiger partial charge is 0.191 e. The summed E-state index contributed by atoms with van der Waals surface area (Å²) < 4.78 is 28.2. The van der Waals surface area contributed by atoms with E-state index in [0.717, 1.165) is 31.0 Å². The van der Waals surface area contributed by atoms with E-state index in [2.05, 4.69) is 53.9 Å². The zero-order chi connectivity index (χ0) is 21.5. The van der Waals surface area contributed by atoms with Gasteiger partial charge < -0.3 is 20.4 Å². The van der Waals surface area contributed by atoms with Gasteiger partial charge in [-0.2, -0.15) is 0 Å². The minimum Gasteiger partial charge on any atom is -0.365 e. The summed E-state index contributed by atoms with van der Waals surface area (Å²) in [5.74, 6) is -0.320. The summed E-state index contributed by atoms with van der Waals surface area (Å²) in [6.45, 7) is 5.34. The van der Waals surface area contributed by atoms with Gasteiger partial charge in [0, 0.05) is 32.2 Å². The third-order valence-electron chi connectivity index (χ3n) is 5.04. The van der Waals surface area contributed by atoms with Crippen molar-refractivity contribution in [3.63, 3.8) is 0 Å². The van der Waals surface area contributed by atoms with Gasteiger partial charge in [0.15, 0.2) is 5.96 Å². The molecule has 2 N–H and O–H groups in total. The normalized spacial score (nSPS) is 16.4. The quantitative estimate of drug-likeness (QED) is 0.315. The molecule has 1 fully saturated rings. The van der Waals surface area contributed by atoms with Crippen LogP contribution in [0.3, 0.4) is 0 Å². The van der Waals surface area contributed by atoms with E-state index in [1.54, 1.807) is 4.90 Å². The Morgan fingerprint density at radius 2 is 1.81 bits per heavy atom. The number of aliphatic imine (C=N–C) groups is 1. The number of nitrogens with zero attached hydrogens (tertiary/aromatic N) is 3. The van der Waals surface area contributed by atoms with E-state index in [-0.39, 0.29) is 35.7 Å². The molecule has 1 heterocycles. The molecule has 2 aromatic carbocycles. The zero-order valence-corrected chi connectivity index (χ0v) is 20.7. The Kier molecular flexibility index (Phi) is 9.95. The number of para-hydroxylation sites is 1. The van der Waals surface area contributed by atoms with Gasteiger partial charge in [-0.3, -0.25) is 0 Å². The molecule has 1 aliphatic heterocycles. The van der Waals surface area contributed by atoms with Crippen molar-refractivity contribution in [3.05, 3.63) is 65.2 Å². The Bertz CT molecular complexity index is 855. The van der Waals surface area contributed by atoms with Crippen molar-refractivity contribution in [2.75, 3.05) is 38.6 Å². The van der Waals surface area contributed by atoms with Crippen molar-refractivity contribution in [1.82, 2.24) is 15.5 Å². The number of halogens is 3. The zero-order valence-electron chi connectivity index (χ0n) is 18.4. The number of anilines is 1. The lowest BCUT2D eigenvalue weighted by Gasteiger charge is -2.21. The van der Waals surface area contributed by atoms with Crippen LogP contribution in [0.1, 0.15) is 24.5 Å². The summed E-state index contributed by atoms with van der Waals surface area (Å²) in [7, 11) is 4.10. The maximum absolute atomic E-state index is 14.1. The molecule has 8 heteroatoms. The first-order valence-electron chi connectivity index (χ1n) is 10.4. The molecule has 0 aromatic heterocycles. The minimum atomic E-state index is -0.520. The van der Waals surface area contributed by atoms with Crippen LogP contribution in [0.25, 0.3) is 0 Å². The van der Waals surface area contributed by atoms with Crippen molar-refractivity contribution in [1.29, 1.82) is 0 Å². The Balaban J connectivity index is 0.00000341. The van der Waals surface area contributed by atoms with Gasteiger partial charge in [0.25, 0.3) is 0 Å². The number of hydrogen-bond acceptors (Lipinski definition) is 3. The number of rotatable bonds is 7. The van der Waals surface area contributed by atoms with E-state index < -0.39 is 11.6 Å². The van der Waals surface area contributed by atoms with Crippen LogP contribution in [0, 0.1) is 11.6 Å². The lowest BCUT2D eigenvalue weighted by atomic mass is 10.1. The van der Waals surface area contributed by atoms with Gasteiger partial charge in [-0.25, -0.2) is 13.8 Å². The van der Waals surface area contributed by atoms with E-state index in [0.29, 0.717) is 19.6 Å². The molecule has 0 aliphatic carbocycles. The molecule has 0 radical (unpaired) electrons. The summed E-state index contributed by atoms with van der Waals surface area (Å²) in [6, 6.07) is 12.5. The van der Waals surface area contributed by atoms with Crippen molar-refractivity contribution >= 4 is 35.6 Å².